The standard InChI is InChI=1S/C17H25NO2/c1-3-20-17(19)15-11-7-8-12-16(15)18-13(2)14-9-5-4-6-10-14/h4-6,9-10,13,15-16,18H,3,7-8,11-12H2,1-2H3/t13-,15+,16-/m0/s1. The highest BCUT2D eigenvalue weighted by Crippen LogP contribution is 2.27. The lowest BCUT2D eigenvalue weighted by Crippen LogP contribution is -2.43. The maximum Gasteiger partial charge on any atom is 0.310 e. The molecule has 0 radical (unpaired) electrons. The average molecular weight is 275 g/mol. The van der Waals surface area contributed by atoms with Gasteiger partial charge in [-0.2, -0.15) is 0 Å². The van der Waals surface area contributed by atoms with Crippen molar-refractivity contribution in [2.75, 3.05) is 6.61 Å². The Balaban J connectivity index is 2.00. The molecule has 0 aliphatic heterocycles. The molecule has 0 saturated heterocycles. The number of hydrogen-bond acceptors (Lipinski definition) is 3. The van der Waals surface area contributed by atoms with Crippen LogP contribution in [0.2, 0.25) is 0 Å². The molecule has 0 amide bonds. The number of ether oxygens (including phenoxy) is 1. The normalized spacial score (nSPS) is 24.1. The van der Waals surface area contributed by atoms with Crippen molar-refractivity contribution in [2.24, 2.45) is 5.92 Å². The van der Waals surface area contributed by atoms with Gasteiger partial charge in [0.2, 0.25) is 0 Å². The van der Waals surface area contributed by atoms with E-state index < -0.39 is 0 Å². The first-order valence-electron chi connectivity index (χ1n) is 7.70. The predicted octanol–water partition coefficient (Wildman–Crippen LogP) is 3.46. The highest BCUT2D eigenvalue weighted by atomic mass is 16.5. The summed E-state index contributed by atoms with van der Waals surface area (Å²) in [5, 5.41) is 3.62. The molecule has 1 aliphatic carbocycles. The Bertz CT molecular complexity index is 418. The molecular formula is C17H25NO2. The Morgan fingerprint density at radius 3 is 2.70 bits per heavy atom. The summed E-state index contributed by atoms with van der Waals surface area (Å²) in [6.45, 7) is 4.50. The third-order valence-corrected chi connectivity index (χ3v) is 4.12. The topological polar surface area (TPSA) is 38.3 Å². The molecule has 1 aromatic rings. The molecule has 1 aromatic carbocycles. The second kappa shape index (κ2) is 7.44. The molecule has 3 heteroatoms. The van der Waals surface area contributed by atoms with E-state index in [1.165, 1.54) is 12.0 Å². The first-order valence-corrected chi connectivity index (χ1v) is 7.70. The van der Waals surface area contributed by atoms with Crippen LogP contribution in [-0.2, 0) is 9.53 Å². The maximum absolute atomic E-state index is 12.1. The molecule has 3 nitrogen and oxygen atoms in total. The van der Waals surface area contributed by atoms with E-state index >= 15 is 0 Å². The fourth-order valence-corrected chi connectivity index (χ4v) is 3.02. The van der Waals surface area contributed by atoms with Crippen LogP contribution in [0.3, 0.4) is 0 Å². The van der Waals surface area contributed by atoms with Gasteiger partial charge in [-0.1, -0.05) is 43.2 Å². The number of hydrogen-bond donors (Lipinski definition) is 1. The van der Waals surface area contributed by atoms with Gasteiger partial charge in [-0.3, -0.25) is 4.79 Å². The third kappa shape index (κ3) is 3.83. The summed E-state index contributed by atoms with van der Waals surface area (Å²) in [7, 11) is 0. The van der Waals surface area contributed by atoms with Crippen molar-refractivity contribution < 1.29 is 9.53 Å². The fourth-order valence-electron chi connectivity index (χ4n) is 3.02. The Labute approximate surface area is 121 Å². The smallest absolute Gasteiger partial charge is 0.310 e. The van der Waals surface area contributed by atoms with Crippen LogP contribution in [0.5, 0.6) is 0 Å². The zero-order chi connectivity index (χ0) is 14.4. The SMILES string of the molecule is CCOC(=O)[C@@H]1CCCC[C@@H]1N[C@@H](C)c1ccccc1. The first-order chi connectivity index (χ1) is 9.72. The molecule has 110 valence electrons. The molecule has 1 N–H and O–H groups in total. The largest absolute Gasteiger partial charge is 0.466 e. The van der Waals surface area contributed by atoms with Gasteiger partial charge >= 0.3 is 5.97 Å². The van der Waals surface area contributed by atoms with E-state index in [2.05, 4.69) is 36.5 Å². The summed E-state index contributed by atoms with van der Waals surface area (Å²) < 4.78 is 5.22. The minimum atomic E-state index is -0.0371. The van der Waals surface area contributed by atoms with Gasteiger partial charge in [-0.15, -0.1) is 0 Å². The van der Waals surface area contributed by atoms with E-state index in [0.717, 1.165) is 19.3 Å². The zero-order valence-electron chi connectivity index (χ0n) is 12.5. The molecule has 0 heterocycles. The number of carbonyl (C=O) groups excluding carboxylic acids is 1. The molecule has 0 unspecified atom stereocenters. The second-order valence-electron chi connectivity index (χ2n) is 5.55. The van der Waals surface area contributed by atoms with Crippen molar-refractivity contribution in [2.45, 2.75) is 51.6 Å². The van der Waals surface area contributed by atoms with Crippen LogP contribution in [0.25, 0.3) is 0 Å². The van der Waals surface area contributed by atoms with Crippen LogP contribution in [-0.4, -0.2) is 18.6 Å². The monoisotopic (exact) mass is 275 g/mol. The Kier molecular flexibility index (Phi) is 5.60. The maximum atomic E-state index is 12.1. The Hall–Kier alpha value is -1.35. The predicted molar refractivity (Wildman–Crippen MR) is 80.4 cm³/mol. The van der Waals surface area contributed by atoms with Gasteiger partial charge in [0.25, 0.3) is 0 Å². The quantitative estimate of drug-likeness (QED) is 0.836. The van der Waals surface area contributed by atoms with E-state index in [-0.39, 0.29) is 24.0 Å². The molecule has 2 rings (SSSR count). The van der Waals surface area contributed by atoms with E-state index in [4.69, 9.17) is 4.74 Å². The van der Waals surface area contributed by atoms with Gasteiger partial charge in [0, 0.05) is 12.1 Å². The number of esters is 1. The molecule has 20 heavy (non-hydrogen) atoms. The van der Waals surface area contributed by atoms with E-state index in [0.29, 0.717) is 6.61 Å². The van der Waals surface area contributed by atoms with Gasteiger partial charge in [-0.25, -0.2) is 0 Å². The average Bonchev–Trinajstić information content (AvgIpc) is 2.49. The van der Waals surface area contributed by atoms with Crippen molar-refractivity contribution in [3.05, 3.63) is 35.9 Å². The summed E-state index contributed by atoms with van der Waals surface area (Å²) in [5.41, 5.74) is 1.26. The number of benzene rings is 1. The molecule has 1 saturated carbocycles. The Morgan fingerprint density at radius 2 is 2.00 bits per heavy atom. The van der Waals surface area contributed by atoms with Crippen molar-refractivity contribution in [3.8, 4) is 0 Å². The van der Waals surface area contributed by atoms with E-state index in [1.807, 2.05) is 13.0 Å². The number of rotatable bonds is 5. The van der Waals surface area contributed by atoms with Crippen LogP contribution in [0, 0.1) is 5.92 Å². The van der Waals surface area contributed by atoms with Crippen molar-refractivity contribution >= 4 is 5.97 Å². The van der Waals surface area contributed by atoms with Gasteiger partial charge in [-0.05, 0) is 32.3 Å². The lowest BCUT2D eigenvalue weighted by molar-refractivity contribution is -0.150. The van der Waals surface area contributed by atoms with Crippen LogP contribution in [0.1, 0.15) is 51.1 Å². The van der Waals surface area contributed by atoms with Crippen molar-refractivity contribution in [3.63, 3.8) is 0 Å². The fraction of sp³-hybridized carbons (Fsp3) is 0.588. The van der Waals surface area contributed by atoms with Gasteiger partial charge in [0.05, 0.1) is 12.5 Å². The second-order valence-corrected chi connectivity index (χ2v) is 5.55. The zero-order valence-corrected chi connectivity index (χ0v) is 12.5. The number of nitrogens with one attached hydrogen (secondary N) is 1. The van der Waals surface area contributed by atoms with Gasteiger partial charge < -0.3 is 10.1 Å². The summed E-state index contributed by atoms with van der Waals surface area (Å²) in [6, 6.07) is 10.9. The number of carbonyl (C=O) groups is 1. The lowest BCUT2D eigenvalue weighted by atomic mass is 9.84. The summed E-state index contributed by atoms with van der Waals surface area (Å²) in [4.78, 5) is 12.1. The first kappa shape index (κ1) is 15.0. The molecule has 1 aliphatic rings. The summed E-state index contributed by atoms with van der Waals surface area (Å²) >= 11 is 0. The van der Waals surface area contributed by atoms with Crippen molar-refractivity contribution in [1.29, 1.82) is 0 Å². The molecular weight excluding hydrogens is 250 g/mol. The Morgan fingerprint density at radius 1 is 1.30 bits per heavy atom. The van der Waals surface area contributed by atoms with E-state index in [9.17, 15) is 4.79 Å². The van der Waals surface area contributed by atoms with Crippen LogP contribution in [0.15, 0.2) is 30.3 Å². The lowest BCUT2D eigenvalue weighted by Gasteiger charge is -2.33. The molecule has 3 atom stereocenters. The minimum absolute atomic E-state index is 0.00913. The molecule has 0 aromatic heterocycles. The van der Waals surface area contributed by atoms with Gasteiger partial charge in [0.15, 0.2) is 0 Å². The summed E-state index contributed by atoms with van der Waals surface area (Å²) in [6.07, 6.45) is 4.31. The van der Waals surface area contributed by atoms with Gasteiger partial charge in [0.1, 0.15) is 0 Å². The highest BCUT2D eigenvalue weighted by Gasteiger charge is 2.32. The summed E-state index contributed by atoms with van der Waals surface area (Å²) in [5.74, 6) is -0.0279. The third-order valence-electron chi connectivity index (χ3n) is 4.12. The molecule has 0 spiro atoms. The van der Waals surface area contributed by atoms with Crippen LogP contribution < -0.4 is 5.32 Å². The van der Waals surface area contributed by atoms with Crippen LogP contribution in [0.4, 0.5) is 0 Å². The highest BCUT2D eigenvalue weighted by molar-refractivity contribution is 5.73. The van der Waals surface area contributed by atoms with E-state index in [1.54, 1.807) is 0 Å². The van der Waals surface area contributed by atoms with Crippen LogP contribution >= 0.6 is 0 Å². The molecule has 1 fully saturated rings. The van der Waals surface area contributed by atoms with Crippen molar-refractivity contribution in [1.82, 2.24) is 5.32 Å². The minimum Gasteiger partial charge on any atom is -0.466 e. The molecule has 0 bridgehead atoms.